The third kappa shape index (κ3) is 6.14. The van der Waals surface area contributed by atoms with Crippen molar-refractivity contribution in [2.45, 2.75) is 32.1 Å². The quantitative estimate of drug-likeness (QED) is 0.463. The van der Waals surface area contributed by atoms with Gasteiger partial charge in [0.1, 0.15) is 0 Å². The van der Waals surface area contributed by atoms with Gasteiger partial charge in [-0.25, -0.2) is 0 Å². The topological polar surface area (TPSA) is 37.3 Å². The molecule has 0 aliphatic carbocycles. The highest BCUT2D eigenvalue weighted by Gasteiger charge is 2.14. The van der Waals surface area contributed by atoms with Crippen LogP contribution in [0.25, 0.3) is 0 Å². The van der Waals surface area contributed by atoms with Crippen LogP contribution in [0.4, 0.5) is 0 Å². The lowest BCUT2D eigenvalue weighted by Crippen LogP contribution is -2.13. The number of carbonyl (C=O) groups is 1. The van der Waals surface area contributed by atoms with Crippen LogP contribution < -0.4 is 0 Å². The Morgan fingerprint density at radius 2 is 1.85 bits per heavy atom. The van der Waals surface area contributed by atoms with Crippen LogP contribution >= 0.6 is 0 Å². The summed E-state index contributed by atoms with van der Waals surface area (Å²) in [4.78, 5) is 10.7. The zero-order valence-corrected chi connectivity index (χ0v) is 8.04. The molecule has 0 saturated carbocycles. The van der Waals surface area contributed by atoms with E-state index in [4.69, 9.17) is 5.11 Å². The molecule has 1 unspecified atom stereocenters. The molecule has 2 nitrogen and oxygen atoms in total. The molecular formula is C11H18O2. The molecule has 0 radical (unpaired) electrons. The average Bonchev–Trinajstić information content (AvgIpc) is 2.10. The fraction of sp³-hybridized carbons (Fsp3) is 0.545. The minimum absolute atomic E-state index is 0.210. The number of aliphatic carboxylic acids is 1. The molecule has 1 N–H and O–H groups in total. The zero-order chi connectivity index (χ0) is 10.1. The van der Waals surface area contributed by atoms with Gasteiger partial charge in [0, 0.05) is 0 Å². The molecule has 0 fully saturated rings. The summed E-state index contributed by atoms with van der Waals surface area (Å²) in [5.74, 6) is -0.899. The van der Waals surface area contributed by atoms with Gasteiger partial charge in [-0.15, -0.1) is 13.2 Å². The molecule has 0 heterocycles. The van der Waals surface area contributed by atoms with E-state index < -0.39 is 5.97 Å². The van der Waals surface area contributed by atoms with Crippen LogP contribution in [0.2, 0.25) is 0 Å². The Bertz CT molecular complexity index is 173. The zero-order valence-electron chi connectivity index (χ0n) is 8.04. The number of carboxylic acid groups (broad SMARTS) is 1. The van der Waals surface area contributed by atoms with Gasteiger partial charge in [0.15, 0.2) is 0 Å². The first-order valence-electron chi connectivity index (χ1n) is 4.67. The third-order valence-corrected chi connectivity index (χ3v) is 2.03. The Morgan fingerprint density at radius 3 is 2.31 bits per heavy atom. The summed E-state index contributed by atoms with van der Waals surface area (Å²) in [5.41, 5.74) is 0. The largest absolute Gasteiger partial charge is 0.481 e. The minimum Gasteiger partial charge on any atom is -0.481 e. The number of carboxylic acids is 1. The molecule has 2 heteroatoms. The van der Waals surface area contributed by atoms with Gasteiger partial charge in [0.25, 0.3) is 0 Å². The molecule has 0 aromatic rings. The van der Waals surface area contributed by atoms with E-state index in [-0.39, 0.29) is 5.92 Å². The highest BCUT2D eigenvalue weighted by molar-refractivity contribution is 5.69. The maximum Gasteiger partial charge on any atom is 0.306 e. The van der Waals surface area contributed by atoms with E-state index in [2.05, 4.69) is 13.2 Å². The van der Waals surface area contributed by atoms with Gasteiger partial charge in [-0.3, -0.25) is 4.79 Å². The lowest BCUT2D eigenvalue weighted by molar-refractivity contribution is -0.142. The Labute approximate surface area is 80.0 Å². The molecule has 0 amide bonds. The molecule has 0 saturated heterocycles. The summed E-state index contributed by atoms with van der Waals surface area (Å²) in [6.45, 7) is 7.18. The number of allylic oxidation sites excluding steroid dienone is 2. The summed E-state index contributed by atoms with van der Waals surface area (Å²) in [7, 11) is 0. The normalized spacial score (nSPS) is 12.0. The summed E-state index contributed by atoms with van der Waals surface area (Å²) in [5, 5.41) is 8.84. The Kier molecular flexibility index (Phi) is 6.98. The second-order valence-corrected chi connectivity index (χ2v) is 3.12. The molecule has 0 rings (SSSR count). The van der Waals surface area contributed by atoms with E-state index in [0.717, 1.165) is 25.7 Å². The van der Waals surface area contributed by atoms with Gasteiger partial charge >= 0.3 is 5.97 Å². The molecule has 74 valence electrons. The van der Waals surface area contributed by atoms with Crippen LogP contribution in [0.3, 0.4) is 0 Å². The molecule has 1 atom stereocenters. The Morgan fingerprint density at radius 1 is 1.23 bits per heavy atom. The van der Waals surface area contributed by atoms with Gasteiger partial charge < -0.3 is 5.11 Å². The number of unbranched alkanes of at least 4 members (excludes halogenated alkanes) is 1. The highest BCUT2D eigenvalue weighted by Crippen LogP contribution is 2.15. The lowest BCUT2D eigenvalue weighted by atomic mass is 9.97. The second kappa shape index (κ2) is 7.59. The fourth-order valence-electron chi connectivity index (χ4n) is 1.22. The molecule has 0 aromatic carbocycles. The van der Waals surface area contributed by atoms with E-state index in [1.165, 1.54) is 0 Å². The molecule has 0 aliphatic heterocycles. The summed E-state index contributed by atoms with van der Waals surface area (Å²) in [6, 6.07) is 0. The standard InChI is InChI=1S/C11H18O2/c1-3-5-7-9-10(11(12)13)8-6-4-2/h3-4,10H,1-2,5-9H2,(H,12,13). The van der Waals surface area contributed by atoms with Crippen molar-refractivity contribution in [3.63, 3.8) is 0 Å². The van der Waals surface area contributed by atoms with Gasteiger partial charge in [-0.05, 0) is 32.1 Å². The molecule has 0 aromatic heterocycles. The number of hydrogen-bond acceptors (Lipinski definition) is 1. The average molecular weight is 182 g/mol. The monoisotopic (exact) mass is 182 g/mol. The predicted molar refractivity (Wildman–Crippen MR) is 54.6 cm³/mol. The SMILES string of the molecule is C=CCCCC(CCC=C)C(=O)O. The minimum atomic E-state index is -0.689. The highest BCUT2D eigenvalue weighted by atomic mass is 16.4. The first-order valence-corrected chi connectivity index (χ1v) is 4.67. The molecule has 0 bridgehead atoms. The maximum absolute atomic E-state index is 10.7. The lowest BCUT2D eigenvalue weighted by Gasteiger charge is -2.09. The van der Waals surface area contributed by atoms with Gasteiger partial charge in [0.2, 0.25) is 0 Å². The van der Waals surface area contributed by atoms with Crippen molar-refractivity contribution < 1.29 is 9.90 Å². The van der Waals surface area contributed by atoms with Crippen molar-refractivity contribution in [3.8, 4) is 0 Å². The number of hydrogen-bond donors (Lipinski definition) is 1. The van der Waals surface area contributed by atoms with Crippen LogP contribution in [0.5, 0.6) is 0 Å². The van der Waals surface area contributed by atoms with Crippen molar-refractivity contribution in [3.05, 3.63) is 25.3 Å². The Balaban J connectivity index is 3.72. The first-order chi connectivity index (χ1) is 6.22. The van der Waals surface area contributed by atoms with Crippen molar-refractivity contribution in [2.75, 3.05) is 0 Å². The molecule has 13 heavy (non-hydrogen) atoms. The van der Waals surface area contributed by atoms with E-state index in [9.17, 15) is 4.79 Å². The van der Waals surface area contributed by atoms with E-state index in [1.54, 1.807) is 6.08 Å². The van der Waals surface area contributed by atoms with Crippen LogP contribution in [0, 0.1) is 5.92 Å². The van der Waals surface area contributed by atoms with Crippen molar-refractivity contribution in [1.82, 2.24) is 0 Å². The Hall–Kier alpha value is -1.05. The first kappa shape index (κ1) is 11.9. The fourth-order valence-corrected chi connectivity index (χ4v) is 1.22. The van der Waals surface area contributed by atoms with Crippen molar-refractivity contribution in [2.24, 2.45) is 5.92 Å². The smallest absolute Gasteiger partial charge is 0.306 e. The van der Waals surface area contributed by atoms with Gasteiger partial charge in [-0.1, -0.05) is 12.2 Å². The second-order valence-electron chi connectivity index (χ2n) is 3.12. The molecule has 0 spiro atoms. The number of rotatable bonds is 8. The van der Waals surface area contributed by atoms with E-state index in [0.29, 0.717) is 6.42 Å². The molecular weight excluding hydrogens is 164 g/mol. The third-order valence-electron chi connectivity index (χ3n) is 2.03. The van der Waals surface area contributed by atoms with Crippen LogP contribution in [0.15, 0.2) is 25.3 Å². The summed E-state index contributed by atoms with van der Waals surface area (Å²) < 4.78 is 0. The predicted octanol–water partition coefficient (Wildman–Crippen LogP) is 3.01. The maximum atomic E-state index is 10.7. The van der Waals surface area contributed by atoms with Crippen LogP contribution in [-0.2, 0) is 4.79 Å². The summed E-state index contributed by atoms with van der Waals surface area (Å²) >= 11 is 0. The van der Waals surface area contributed by atoms with Gasteiger partial charge in [0.05, 0.1) is 5.92 Å². The van der Waals surface area contributed by atoms with Crippen molar-refractivity contribution >= 4 is 5.97 Å². The van der Waals surface area contributed by atoms with E-state index in [1.807, 2.05) is 6.08 Å². The van der Waals surface area contributed by atoms with Crippen LogP contribution in [-0.4, -0.2) is 11.1 Å². The summed E-state index contributed by atoms with van der Waals surface area (Å²) in [6.07, 6.45) is 7.64. The van der Waals surface area contributed by atoms with Crippen LogP contribution in [0.1, 0.15) is 32.1 Å². The van der Waals surface area contributed by atoms with E-state index >= 15 is 0 Å². The van der Waals surface area contributed by atoms with Crippen molar-refractivity contribution in [1.29, 1.82) is 0 Å². The van der Waals surface area contributed by atoms with Gasteiger partial charge in [-0.2, -0.15) is 0 Å². The molecule has 0 aliphatic rings.